The van der Waals surface area contributed by atoms with Crippen molar-refractivity contribution in [2.45, 2.75) is 6.92 Å². The van der Waals surface area contributed by atoms with Crippen molar-refractivity contribution in [1.82, 2.24) is 4.90 Å². The molecule has 0 aromatic heterocycles. The molecule has 0 saturated carbocycles. The molecule has 0 aromatic rings. The van der Waals surface area contributed by atoms with Gasteiger partial charge in [0.15, 0.2) is 0 Å². The molecule has 0 fully saturated rings. The highest BCUT2D eigenvalue weighted by Crippen LogP contribution is 2.00. The van der Waals surface area contributed by atoms with Crippen LogP contribution in [0.3, 0.4) is 0 Å². The van der Waals surface area contributed by atoms with Gasteiger partial charge >= 0.3 is 0 Å². The minimum Gasteiger partial charge on any atom is -0.352 e. The van der Waals surface area contributed by atoms with E-state index in [4.69, 9.17) is 0 Å². The lowest BCUT2D eigenvalue weighted by Gasteiger charge is -2.12. The van der Waals surface area contributed by atoms with Crippen LogP contribution in [0.2, 0.25) is 0 Å². The van der Waals surface area contributed by atoms with E-state index < -0.39 is 0 Å². The van der Waals surface area contributed by atoms with Gasteiger partial charge in [-0.1, -0.05) is 19.2 Å². The van der Waals surface area contributed by atoms with Crippen molar-refractivity contribution in [3.05, 3.63) is 37.2 Å². The van der Waals surface area contributed by atoms with E-state index in [0.717, 1.165) is 5.70 Å². The van der Waals surface area contributed by atoms with Crippen LogP contribution in [0.5, 0.6) is 0 Å². The molecule has 1 heteroatoms. The Morgan fingerprint density at radius 2 is 2.00 bits per heavy atom. The SMILES string of the molecule is C=C/C(=C/C)N(C)C=C. The Balaban J connectivity index is 4.11. The zero-order valence-corrected chi connectivity index (χ0v) is 6.09. The summed E-state index contributed by atoms with van der Waals surface area (Å²) in [6, 6.07) is 0. The van der Waals surface area contributed by atoms with Crippen LogP contribution in [0, 0.1) is 0 Å². The van der Waals surface area contributed by atoms with E-state index >= 15 is 0 Å². The number of allylic oxidation sites excluding steroid dienone is 2. The number of nitrogens with zero attached hydrogens (tertiary/aromatic N) is 1. The summed E-state index contributed by atoms with van der Waals surface area (Å²) in [5.74, 6) is 0. The molecule has 0 saturated heterocycles. The molecule has 0 atom stereocenters. The second kappa shape index (κ2) is 3.96. The molecule has 0 N–H and O–H groups in total. The minimum absolute atomic E-state index is 1.07. The highest BCUT2D eigenvalue weighted by Gasteiger charge is 1.89. The summed E-state index contributed by atoms with van der Waals surface area (Å²) in [6.45, 7) is 9.23. The van der Waals surface area contributed by atoms with Crippen molar-refractivity contribution in [3.63, 3.8) is 0 Å². The van der Waals surface area contributed by atoms with Crippen molar-refractivity contribution < 1.29 is 0 Å². The molecule has 0 aromatic carbocycles. The zero-order chi connectivity index (χ0) is 7.28. The van der Waals surface area contributed by atoms with Gasteiger partial charge in [-0.25, -0.2) is 0 Å². The Kier molecular flexibility index (Phi) is 3.52. The average Bonchev–Trinajstić information content (AvgIpc) is 1.90. The molecule has 0 amide bonds. The molecule has 0 rings (SSSR count). The van der Waals surface area contributed by atoms with Gasteiger partial charge in [0.1, 0.15) is 0 Å². The van der Waals surface area contributed by atoms with Crippen molar-refractivity contribution in [2.24, 2.45) is 0 Å². The van der Waals surface area contributed by atoms with Gasteiger partial charge in [-0.3, -0.25) is 0 Å². The first-order chi connectivity index (χ1) is 4.26. The first-order valence-corrected chi connectivity index (χ1v) is 2.90. The second-order valence-corrected chi connectivity index (χ2v) is 1.71. The highest BCUT2D eigenvalue weighted by atomic mass is 15.1. The topological polar surface area (TPSA) is 3.24 Å². The Bertz CT molecular complexity index is 134. The van der Waals surface area contributed by atoms with E-state index in [-0.39, 0.29) is 0 Å². The van der Waals surface area contributed by atoms with E-state index in [9.17, 15) is 0 Å². The standard InChI is InChI=1S/C8H13N/c1-5-8(6-2)9(4)7-3/h5-7H,1,3H2,2,4H3/b8-6-. The van der Waals surface area contributed by atoms with Gasteiger partial charge in [-0.05, 0) is 19.2 Å². The van der Waals surface area contributed by atoms with Crippen LogP contribution >= 0.6 is 0 Å². The number of hydrogen-bond donors (Lipinski definition) is 0. The van der Waals surface area contributed by atoms with Gasteiger partial charge in [0.25, 0.3) is 0 Å². The molecule has 0 spiro atoms. The summed E-state index contributed by atoms with van der Waals surface area (Å²) in [5, 5.41) is 0. The molecule has 0 aliphatic carbocycles. The summed E-state index contributed by atoms with van der Waals surface area (Å²) in [7, 11) is 1.93. The third-order valence-electron chi connectivity index (χ3n) is 1.19. The summed E-state index contributed by atoms with van der Waals surface area (Å²) >= 11 is 0. The van der Waals surface area contributed by atoms with Crippen molar-refractivity contribution >= 4 is 0 Å². The summed E-state index contributed by atoms with van der Waals surface area (Å²) in [5.41, 5.74) is 1.07. The molecule has 0 aliphatic rings. The van der Waals surface area contributed by atoms with Crippen LogP contribution in [-0.2, 0) is 0 Å². The number of hydrogen-bond acceptors (Lipinski definition) is 1. The van der Waals surface area contributed by atoms with E-state index in [1.54, 1.807) is 12.3 Å². The van der Waals surface area contributed by atoms with Gasteiger partial charge in [0, 0.05) is 12.7 Å². The Hall–Kier alpha value is -0.980. The van der Waals surface area contributed by atoms with Gasteiger partial charge in [-0.2, -0.15) is 0 Å². The number of rotatable bonds is 3. The van der Waals surface area contributed by atoms with E-state index in [0.29, 0.717) is 0 Å². The molecular weight excluding hydrogens is 110 g/mol. The lowest BCUT2D eigenvalue weighted by molar-refractivity contribution is 0.590. The molecule has 0 aliphatic heterocycles. The monoisotopic (exact) mass is 123 g/mol. The summed E-state index contributed by atoms with van der Waals surface area (Å²) < 4.78 is 0. The molecule has 0 unspecified atom stereocenters. The smallest absolute Gasteiger partial charge is 0.0353 e. The Morgan fingerprint density at radius 3 is 2.11 bits per heavy atom. The fourth-order valence-electron chi connectivity index (χ4n) is 0.571. The molecule has 9 heavy (non-hydrogen) atoms. The zero-order valence-electron chi connectivity index (χ0n) is 6.09. The average molecular weight is 123 g/mol. The van der Waals surface area contributed by atoms with E-state index in [2.05, 4.69) is 13.2 Å². The normalized spacial score (nSPS) is 10.7. The lowest BCUT2D eigenvalue weighted by atomic mass is 10.4. The summed E-state index contributed by atoms with van der Waals surface area (Å²) in [4.78, 5) is 1.91. The fraction of sp³-hybridized carbons (Fsp3) is 0.250. The Labute approximate surface area is 57.0 Å². The molecular formula is C8H13N. The maximum Gasteiger partial charge on any atom is 0.0353 e. The van der Waals surface area contributed by atoms with Crippen LogP contribution in [0.4, 0.5) is 0 Å². The third-order valence-corrected chi connectivity index (χ3v) is 1.19. The van der Waals surface area contributed by atoms with Crippen LogP contribution in [0.1, 0.15) is 6.92 Å². The largest absolute Gasteiger partial charge is 0.352 e. The maximum atomic E-state index is 3.64. The van der Waals surface area contributed by atoms with Crippen molar-refractivity contribution in [3.8, 4) is 0 Å². The van der Waals surface area contributed by atoms with Crippen LogP contribution < -0.4 is 0 Å². The summed E-state index contributed by atoms with van der Waals surface area (Å²) in [6.07, 6.45) is 5.52. The lowest BCUT2D eigenvalue weighted by Crippen LogP contribution is -2.06. The number of likely N-dealkylation sites (N-methyl/N-ethyl adjacent to an activating group) is 1. The minimum atomic E-state index is 1.07. The predicted octanol–water partition coefficient (Wildman–Crippen LogP) is 2.15. The first kappa shape index (κ1) is 8.02. The highest BCUT2D eigenvalue weighted by molar-refractivity contribution is 5.14. The van der Waals surface area contributed by atoms with Gasteiger partial charge in [-0.15, -0.1) is 0 Å². The van der Waals surface area contributed by atoms with Gasteiger partial charge in [0.05, 0.1) is 0 Å². The Morgan fingerprint density at radius 1 is 1.44 bits per heavy atom. The molecule has 0 radical (unpaired) electrons. The molecule has 0 heterocycles. The van der Waals surface area contributed by atoms with Gasteiger partial charge < -0.3 is 4.90 Å². The van der Waals surface area contributed by atoms with E-state index in [1.807, 2.05) is 24.9 Å². The quantitative estimate of drug-likeness (QED) is 0.520. The molecule has 50 valence electrons. The van der Waals surface area contributed by atoms with Crippen molar-refractivity contribution in [2.75, 3.05) is 7.05 Å². The van der Waals surface area contributed by atoms with E-state index in [1.165, 1.54) is 0 Å². The third kappa shape index (κ3) is 2.17. The van der Waals surface area contributed by atoms with Crippen molar-refractivity contribution in [1.29, 1.82) is 0 Å². The molecule has 1 nitrogen and oxygen atoms in total. The fourth-order valence-corrected chi connectivity index (χ4v) is 0.571. The predicted molar refractivity (Wildman–Crippen MR) is 41.9 cm³/mol. The first-order valence-electron chi connectivity index (χ1n) is 2.90. The van der Waals surface area contributed by atoms with Crippen LogP contribution in [0.15, 0.2) is 37.2 Å². The van der Waals surface area contributed by atoms with Crippen LogP contribution in [0.25, 0.3) is 0 Å². The molecule has 0 bridgehead atoms. The second-order valence-electron chi connectivity index (χ2n) is 1.71. The maximum absolute atomic E-state index is 3.64. The van der Waals surface area contributed by atoms with Crippen LogP contribution in [-0.4, -0.2) is 11.9 Å². The van der Waals surface area contributed by atoms with Gasteiger partial charge in [0.2, 0.25) is 0 Å².